The lowest BCUT2D eigenvalue weighted by Crippen LogP contribution is -2.18. The molecule has 0 unspecified atom stereocenters. The molecule has 0 saturated heterocycles. The topological polar surface area (TPSA) is 111 Å². The largest absolute Gasteiger partial charge is 0.464 e. The zero-order chi connectivity index (χ0) is 27.5. The number of hydrogen-bond acceptors (Lipinski definition) is 6. The van der Waals surface area contributed by atoms with Crippen LogP contribution in [0.15, 0.2) is 81.8 Å². The van der Waals surface area contributed by atoms with Gasteiger partial charge in [-0.15, -0.1) is 0 Å². The molecule has 2 amide bonds. The number of carbonyl (C=O) groups excluding carboxylic acids is 3. The number of esters is 1. The van der Waals surface area contributed by atoms with E-state index >= 15 is 0 Å². The number of benzene rings is 3. The molecule has 2 aromatic heterocycles. The zero-order valence-electron chi connectivity index (χ0n) is 21.9. The molecule has 8 heteroatoms. The van der Waals surface area contributed by atoms with Gasteiger partial charge in [0.05, 0.1) is 24.9 Å². The summed E-state index contributed by atoms with van der Waals surface area (Å²) in [5.74, 6) is -0.986. The highest BCUT2D eigenvalue weighted by Crippen LogP contribution is 2.32. The second-order valence-electron chi connectivity index (χ2n) is 9.45. The van der Waals surface area contributed by atoms with E-state index in [0.29, 0.717) is 33.7 Å². The molecule has 198 valence electrons. The highest BCUT2D eigenvalue weighted by Gasteiger charge is 2.23. The SMILES string of the molecule is CCOC(=O)c1ccc(NC(=O)c2oc3ccccc3c2NC(=O)Cc2coc3ccc(C(C)C)cc23)cc1. The summed E-state index contributed by atoms with van der Waals surface area (Å²) < 4.78 is 16.5. The third-order valence-electron chi connectivity index (χ3n) is 6.42. The van der Waals surface area contributed by atoms with E-state index in [1.54, 1.807) is 61.7 Å². The van der Waals surface area contributed by atoms with Crippen molar-refractivity contribution in [2.24, 2.45) is 0 Å². The molecule has 0 spiro atoms. The van der Waals surface area contributed by atoms with Crippen LogP contribution < -0.4 is 10.6 Å². The summed E-state index contributed by atoms with van der Waals surface area (Å²) in [6, 6.07) is 19.4. The highest BCUT2D eigenvalue weighted by atomic mass is 16.5. The number of para-hydroxylation sites is 1. The lowest BCUT2D eigenvalue weighted by atomic mass is 10.00. The first kappa shape index (κ1) is 25.8. The second-order valence-corrected chi connectivity index (χ2v) is 9.45. The van der Waals surface area contributed by atoms with E-state index in [0.717, 1.165) is 16.5 Å². The van der Waals surface area contributed by atoms with Gasteiger partial charge in [-0.1, -0.05) is 32.0 Å². The van der Waals surface area contributed by atoms with Gasteiger partial charge in [0, 0.05) is 22.0 Å². The molecular formula is C31H28N2O6. The minimum absolute atomic E-state index is 0.0295. The number of rotatable bonds is 8. The number of furan rings is 2. The molecule has 8 nitrogen and oxygen atoms in total. The van der Waals surface area contributed by atoms with Gasteiger partial charge < -0.3 is 24.2 Å². The number of carbonyl (C=O) groups is 3. The van der Waals surface area contributed by atoms with Crippen molar-refractivity contribution in [3.63, 3.8) is 0 Å². The quantitative estimate of drug-likeness (QED) is 0.213. The first-order chi connectivity index (χ1) is 18.8. The maximum atomic E-state index is 13.2. The summed E-state index contributed by atoms with van der Waals surface area (Å²) in [7, 11) is 0. The molecule has 3 aromatic carbocycles. The van der Waals surface area contributed by atoms with Crippen LogP contribution in [0.1, 0.15) is 58.7 Å². The van der Waals surface area contributed by atoms with Gasteiger partial charge in [0.25, 0.3) is 5.91 Å². The van der Waals surface area contributed by atoms with E-state index in [1.807, 2.05) is 18.2 Å². The van der Waals surface area contributed by atoms with Gasteiger partial charge in [0.1, 0.15) is 16.9 Å². The Bertz CT molecular complexity index is 1680. The molecule has 5 aromatic rings. The number of ether oxygens (including phenoxy) is 1. The molecular weight excluding hydrogens is 496 g/mol. The molecule has 0 atom stereocenters. The van der Waals surface area contributed by atoms with Crippen LogP contribution in [0.5, 0.6) is 0 Å². The highest BCUT2D eigenvalue weighted by molar-refractivity contribution is 6.15. The maximum absolute atomic E-state index is 13.2. The van der Waals surface area contributed by atoms with Gasteiger partial charge >= 0.3 is 5.97 Å². The Morgan fingerprint density at radius 2 is 1.67 bits per heavy atom. The monoisotopic (exact) mass is 524 g/mol. The minimum Gasteiger partial charge on any atom is -0.464 e. The molecule has 2 N–H and O–H groups in total. The van der Waals surface area contributed by atoms with Crippen LogP contribution in [0.25, 0.3) is 21.9 Å². The first-order valence-corrected chi connectivity index (χ1v) is 12.7. The van der Waals surface area contributed by atoms with Crippen molar-refractivity contribution in [1.29, 1.82) is 0 Å². The summed E-state index contributed by atoms with van der Waals surface area (Å²) in [5.41, 5.74) is 4.20. The molecule has 0 saturated carbocycles. The van der Waals surface area contributed by atoms with Crippen LogP contribution >= 0.6 is 0 Å². The number of anilines is 2. The van der Waals surface area contributed by atoms with E-state index < -0.39 is 11.9 Å². The smallest absolute Gasteiger partial charge is 0.338 e. The van der Waals surface area contributed by atoms with Gasteiger partial charge in [-0.2, -0.15) is 0 Å². The van der Waals surface area contributed by atoms with Crippen molar-refractivity contribution in [2.45, 2.75) is 33.1 Å². The average molecular weight is 525 g/mol. The summed E-state index contributed by atoms with van der Waals surface area (Å²) in [6.45, 7) is 6.22. The van der Waals surface area contributed by atoms with E-state index in [9.17, 15) is 14.4 Å². The lowest BCUT2D eigenvalue weighted by molar-refractivity contribution is -0.115. The van der Waals surface area contributed by atoms with E-state index in [-0.39, 0.29) is 30.4 Å². The molecule has 0 aliphatic rings. The summed E-state index contributed by atoms with van der Waals surface area (Å²) in [4.78, 5) is 38.3. The van der Waals surface area contributed by atoms with Crippen LogP contribution in [0, 0.1) is 0 Å². The Kier molecular flexibility index (Phi) is 7.19. The van der Waals surface area contributed by atoms with Crippen molar-refractivity contribution in [3.8, 4) is 0 Å². The van der Waals surface area contributed by atoms with Crippen LogP contribution in [0.2, 0.25) is 0 Å². The van der Waals surface area contributed by atoms with Gasteiger partial charge in [0.2, 0.25) is 11.7 Å². The van der Waals surface area contributed by atoms with Crippen LogP contribution in [-0.2, 0) is 16.0 Å². The second kappa shape index (κ2) is 10.9. The molecule has 0 fully saturated rings. The zero-order valence-corrected chi connectivity index (χ0v) is 21.9. The minimum atomic E-state index is -0.541. The van der Waals surface area contributed by atoms with Gasteiger partial charge in [-0.25, -0.2) is 4.79 Å². The Balaban J connectivity index is 1.38. The molecule has 2 heterocycles. The van der Waals surface area contributed by atoms with Crippen LogP contribution in [0.3, 0.4) is 0 Å². The molecule has 0 aliphatic heterocycles. The Hall–Kier alpha value is -4.85. The maximum Gasteiger partial charge on any atom is 0.338 e. The third kappa shape index (κ3) is 5.40. The van der Waals surface area contributed by atoms with Crippen molar-refractivity contribution >= 4 is 51.1 Å². The molecule has 0 aliphatic carbocycles. The van der Waals surface area contributed by atoms with E-state index in [1.165, 1.54) is 0 Å². The fourth-order valence-electron chi connectivity index (χ4n) is 4.37. The number of nitrogens with one attached hydrogen (secondary N) is 2. The average Bonchev–Trinajstić information content (AvgIpc) is 3.50. The number of amides is 2. The van der Waals surface area contributed by atoms with Crippen LogP contribution in [0.4, 0.5) is 11.4 Å². The molecule has 5 rings (SSSR count). The predicted octanol–water partition coefficient (Wildman–Crippen LogP) is 6.91. The van der Waals surface area contributed by atoms with E-state index in [2.05, 4.69) is 24.5 Å². The van der Waals surface area contributed by atoms with Crippen molar-refractivity contribution < 1.29 is 28.0 Å². The predicted molar refractivity (Wildman–Crippen MR) is 149 cm³/mol. The van der Waals surface area contributed by atoms with Gasteiger partial charge in [0.15, 0.2) is 0 Å². The summed E-state index contributed by atoms with van der Waals surface area (Å²) in [6.07, 6.45) is 1.65. The Morgan fingerprint density at radius 1 is 0.897 bits per heavy atom. The fraction of sp³-hybridized carbons (Fsp3) is 0.194. The molecule has 0 radical (unpaired) electrons. The van der Waals surface area contributed by atoms with Crippen molar-refractivity contribution in [2.75, 3.05) is 17.2 Å². The number of hydrogen-bond donors (Lipinski definition) is 2. The standard InChI is InChI=1S/C31H28N2O6/c1-4-37-31(36)19-9-12-22(13-10-19)32-30(35)29-28(23-7-5-6-8-26(23)39-29)33-27(34)16-21-17-38-25-14-11-20(18(2)3)15-24(21)25/h5-15,17-18H,4,16H2,1-3H3,(H,32,35)(H,33,34). The van der Waals surface area contributed by atoms with Crippen LogP contribution in [-0.4, -0.2) is 24.4 Å². The Labute approximate surface area is 224 Å². The normalized spacial score (nSPS) is 11.2. The molecule has 0 bridgehead atoms. The van der Waals surface area contributed by atoms with Gasteiger partial charge in [-0.3, -0.25) is 9.59 Å². The first-order valence-electron chi connectivity index (χ1n) is 12.7. The molecule has 39 heavy (non-hydrogen) atoms. The summed E-state index contributed by atoms with van der Waals surface area (Å²) >= 11 is 0. The lowest BCUT2D eigenvalue weighted by Gasteiger charge is -2.08. The van der Waals surface area contributed by atoms with Crippen molar-refractivity contribution in [3.05, 3.63) is 95.4 Å². The third-order valence-corrected chi connectivity index (χ3v) is 6.42. The van der Waals surface area contributed by atoms with Gasteiger partial charge in [-0.05, 0) is 66.9 Å². The fourth-order valence-corrected chi connectivity index (χ4v) is 4.37. The van der Waals surface area contributed by atoms with E-state index in [4.69, 9.17) is 13.6 Å². The Morgan fingerprint density at radius 3 is 2.41 bits per heavy atom. The number of fused-ring (bicyclic) bond motifs is 2. The van der Waals surface area contributed by atoms with Crippen molar-refractivity contribution in [1.82, 2.24) is 0 Å². The summed E-state index contributed by atoms with van der Waals surface area (Å²) in [5, 5.41) is 7.14.